The van der Waals surface area contributed by atoms with Crippen molar-refractivity contribution in [3.8, 4) is 0 Å². The van der Waals surface area contributed by atoms with Gasteiger partial charge in [0, 0.05) is 25.6 Å². The van der Waals surface area contributed by atoms with Gasteiger partial charge in [0.2, 0.25) is 5.91 Å². The molecule has 21 heavy (non-hydrogen) atoms. The van der Waals surface area contributed by atoms with Crippen LogP contribution < -0.4 is 11.1 Å². The number of urea groups is 1. The third-order valence-electron chi connectivity index (χ3n) is 4.29. The summed E-state index contributed by atoms with van der Waals surface area (Å²) in [7, 11) is 0. The molecule has 1 heterocycles. The third-order valence-corrected chi connectivity index (χ3v) is 4.29. The summed E-state index contributed by atoms with van der Waals surface area (Å²) in [5, 5.41) is 11.7. The van der Waals surface area contributed by atoms with E-state index < -0.39 is 5.97 Å². The molecule has 1 aliphatic carbocycles. The first-order valence-corrected chi connectivity index (χ1v) is 7.51. The summed E-state index contributed by atoms with van der Waals surface area (Å²) >= 11 is 0. The zero-order chi connectivity index (χ0) is 15.4. The van der Waals surface area contributed by atoms with E-state index in [-0.39, 0.29) is 30.3 Å². The maximum Gasteiger partial charge on any atom is 0.317 e. The van der Waals surface area contributed by atoms with E-state index in [1.54, 1.807) is 4.90 Å². The predicted molar refractivity (Wildman–Crippen MR) is 75.4 cm³/mol. The molecule has 4 N–H and O–H groups in total. The maximum absolute atomic E-state index is 12.2. The fourth-order valence-corrected chi connectivity index (χ4v) is 2.90. The first-order chi connectivity index (χ1) is 9.95. The van der Waals surface area contributed by atoms with Crippen LogP contribution in [0.15, 0.2) is 0 Å². The fourth-order valence-electron chi connectivity index (χ4n) is 2.90. The average Bonchev–Trinajstić information content (AvgIpc) is 3.21. The first kappa shape index (κ1) is 15.6. The second kappa shape index (κ2) is 6.78. The van der Waals surface area contributed by atoms with Crippen LogP contribution in [0.2, 0.25) is 0 Å². The van der Waals surface area contributed by atoms with E-state index in [2.05, 4.69) is 5.32 Å². The van der Waals surface area contributed by atoms with Crippen molar-refractivity contribution >= 4 is 17.9 Å². The molecule has 0 bridgehead atoms. The van der Waals surface area contributed by atoms with Crippen molar-refractivity contribution in [2.24, 2.45) is 17.6 Å². The second-order valence-electron chi connectivity index (χ2n) is 6.09. The number of hydrogen-bond donors (Lipinski definition) is 3. The number of nitrogens with one attached hydrogen (secondary N) is 1. The number of nitrogens with two attached hydrogens (primary N) is 1. The van der Waals surface area contributed by atoms with E-state index in [1.165, 1.54) is 0 Å². The number of hydrogen-bond acceptors (Lipinski definition) is 3. The molecule has 118 valence electrons. The van der Waals surface area contributed by atoms with Crippen LogP contribution in [0.5, 0.6) is 0 Å². The van der Waals surface area contributed by atoms with Crippen LogP contribution in [0.3, 0.4) is 0 Å². The predicted octanol–water partition coefficient (Wildman–Crippen LogP) is 0.537. The van der Waals surface area contributed by atoms with E-state index in [4.69, 9.17) is 10.8 Å². The monoisotopic (exact) mass is 297 g/mol. The minimum Gasteiger partial charge on any atom is -0.481 e. The largest absolute Gasteiger partial charge is 0.481 e. The van der Waals surface area contributed by atoms with Crippen molar-refractivity contribution in [2.75, 3.05) is 13.1 Å². The molecule has 2 rings (SSSR count). The number of nitrogens with zero attached hydrogens (tertiary/aromatic N) is 1. The molecule has 2 aliphatic rings. The van der Waals surface area contributed by atoms with Crippen molar-refractivity contribution < 1.29 is 19.5 Å². The summed E-state index contributed by atoms with van der Waals surface area (Å²) in [4.78, 5) is 35.6. The Hall–Kier alpha value is -1.79. The number of primary amides is 1. The van der Waals surface area contributed by atoms with Gasteiger partial charge in [-0.05, 0) is 37.5 Å². The molecule has 3 amide bonds. The average molecular weight is 297 g/mol. The number of carboxylic acid groups (broad SMARTS) is 1. The van der Waals surface area contributed by atoms with Crippen LogP contribution in [0, 0.1) is 11.8 Å². The molecule has 0 spiro atoms. The zero-order valence-corrected chi connectivity index (χ0v) is 12.1. The molecule has 7 nitrogen and oxygen atoms in total. The fraction of sp³-hybridized carbons (Fsp3) is 0.786. The summed E-state index contributed by atoms with van der Waals surface area (Å²) in [5.41, 5.74) is 5.18. The number of carbonyl (C=O) groups is 3. The summed E-state index contributed by atoms with van der Waals surface area (Å²) in [6.07, 6.45) is 3.86. The van der Waals surface area contributed by atoms with Crippen molar-refractivity contribution in [1.29, 1.82) is 0 Å². The summed E-state index contributed by atoms with van der Waals surface area (Å²) in [6.45, 7) is 1.18. The lowest BCUT2D eigenvalue weighted by Gasteiger charge is -2.32. The number of amides is 3. The molecule has 7 heteroatoms. The van der Waals surface area contributed by atoms with Crippen LogP contribution in [0.1, 0.15) is 38.5 Å². The second-order valence-corrected chi connectivity index (χ2v) is 6.09. The van der Waals surface area contributed by atoms with Gasteiger partial charge >= 0.3 is 12.0 Å². The highest BCUT2D eigenvalue weighted by Gasteiger charge is 2.35. The summed E-state index contributed by atoms with van der Waals surface area (Å²) in [5.74, 6) is -0.622. The van der Waals surface area contributed by atoms with Crippen LogP contribution in [0.4, 0.5) is 4.79 Å². The van der Waals surface area contributed by atoms with Gasteiger partial charge in [-0.1, -0.05) is 0 Å². The Labute approximate surface area is 123 Å². The highest BCUT2D eigenvalue weighted by Crippen LogP contribution is 2.34. The smallest absolute Gasteiger partial charge is 0.317 e. The highest BCUT2D eigenvalue weighted by molar-refractivity contribution is 5.76. The quantitative estimate of drug-likeness (QED) is 0.664. The van der Waals surface area contributed by atoms with Gasteiger partial charge in [0.15, 0.2) is 0 Å². The molecule has 1 saturated heterocycles. The molecule has 1 atom stereocenters. The molecule has 2 fully saturated rings. The number of likely N-dealkylation sites (tertiary alicyclic amines) is 1. The Kier molecular flexibility index (Phi) is 5.03. The Bertz CT molecular complexity index is 414. The SMILES string of the molecule is NC(=O)CC1CCN(C(=O)NC(CC(=O)O)C2CC2)CC1. The van der Waals surface area contributed by atoms with Gasteiger partial charge in [0.05, 0.1) is 6.42 Å². The normalized spacial score (nSPS) is 20.9. The van der Waals surface area contributed by atoms with Gasteiger partial charge in [-0.25, -0.2) is 4.79 Å². The van der Waals surface area contributed by atoms with Gasteiger partial charge in [-0.15, -0.1) is 0 Å². The maximum atomic E-state index is 12.2. The van der Waals surface area contributed by atoms with Gasteiger partial charge in [-0.3, -0.25) is 9.59 Å². The minimum atomic E-state index is -0.882. The highest BCUT2D eigenvalue weighted by atomic mass is 16.4. The Balaban J connectivity index is 1.78. The lowest BCUT2D eigenvalue weighted by molar-refractivity contribution is -0.137. The Morgan fingerprint density at radius 2 is 1.81 bits per heavy atom. The molecular formula is C14H23N3O4. The number of rotatable bonds is 6. The van der Waals surface area contributed by atoms with E-state index in [0.29, 0.717) is 25.4 Å². The van der Waals surface area contributed by atoms with Gasteiger partial charge < -0.3 is 21.1 Å². The third kappa shape index (κ3) is 4.91. The first-order valence-electron chi connectivity index (χ1n) is 7.51. The standard InChI is InChI=1S/C14H23N3O4/c15-12(18)7-9-3-5-17(6-4-9)14(21)16-11(8-13(19)20)10-1-2-10/h9-11H,1-8H2,(H2,15,18)(H,16,21)(H,19,20). The molecule has 1 aliphatic heterocycles. The lowest BCUT2D eigenvalue weighted by atomic mass is 9.93. The van der Waals surface area contributed by atoms with E-state index in [9.17, 15) is 14.4 Å². The molecule has 0 radical (unpaired) electrons. The number of piperidine rings is 1. The summed E-state index contributed by atoms with van der Waals surface area (Å²) < 4.78 is 0. The number of carbonyl (C=O) groups excluding carboxylic acids is 2. The molecule has 0 aromatic rings. The van der Waals surface area contributed by atoms with E-state index >= 15 is 0 Å². The molecule has 0 aromatic carbocycles. The topological polar surface area (TPSA) is 113 Å². The van der Waals surface area contributed by atoms with Crippen LogP contribution >= 0.6 is 0 Å². The van der Waals surface area contributed by atoms with E-state index in [1.807, 2.05) is 0 Å². The van der Waals surface area contributed by atoms with Gasteiger partial charge in [-0.2, -0.15) is 0 Å². The van der Waals surface area contributed by atoms with Crippen LogP contribution in [-0.4, -0.2) is 47.0 Å². The van der Waals surface area contributed by atoms with Crippen molar-refractivity contribution in [3.05, 3.63) is 0 Å². The Morgan fingerprint density at radius 3 is 2.29 bits per heavy atom. The molecule has 0 aromatic heterocycles. The van der Waals surface area contributed by atoms with E-state index in [0.717, 1.165) is 25.7 Å². The van der Waals surface area contributed by atoms with Crippen molar-refractivity contribution in [2.45, 2.75) is 44.6 Å². The van der Waals surface area contributed by atoms with Crippen LogP contribution in [0.25, 0.3) is 0 Å². The lowest BCUT2D eigenvalue weighted by Crippen LogP contribution is -2.49. The number of carboxylic acids is 1. The zero-order valence-electron chi connectivity index (χ0n) is 12.1. The molecule has 1 unspecified atom stereocenters. The minimum absolute atomic E-state index is 0.0193. The van der Waals surface area contributed by atoms with Gasteiger partial charge in [0.1, 0.15) is 0 Å². The van der Waals surface area contributed by atoms with Crippen molar-refractivity contribution in [1.82, 2.24) is 10.2 Å². The van der Waals surface area contributed by atoms with Crippen molar-refractivity contribution in [3.63, 3.8) is 0 Å². The molecule has 1 saturated carbocycles. The molecular weight excluding hydrogens is 274 g/mol. The number of aliphatic carboxylic acids is 1. The van der Waals surface area contributed by atoms with Crippen LogP contribution in [-0.2, 0) is 9.59 Å². The van der Waals surface area contributed by atoms with Gasteiger partial charge in [0.25, 0.3) is 0 Å². The summed E-state index contributed by atoms with van der Waals surface area (Å²) in [6, 6.07) is -0.455. The Morgan fingerprint density at radius 1 is 1.19 bits per heavy atom.